The molecule has 1 rings (SSSR count). The van der Waals surface area contributed by atoms with E-state index in [2.05, 4.69) is 4.99 Å². The summed E-state index contributed by atoms with van der Waals surface area (Å²) in [6.45, 7) is 4.04. The van der Waals surface area contributed by atoms with E-state index in [0.717, 1.165) is 11.3 Å². The van der Waals surface area contributed by atoms with Crippen molar-refractivity contribution in [3.63, 3.8) is 0 Å². The second-order valence-corrected chi connectivity index (χ2v) is 3.95. The van der Waals surface area contributed by atoms with Gasteiger partial charge < -0.3 is 16.2 Å². The number of halogens is 1. The molecule has 1 amide bonds. The Kier molecular flexibility index (Phi) is 6.19. The summed E-state index contributed by atoms with van der Waals surface area (Å²) < 4.78 is 5.23. The smallest absolute Gasteiger partial charge is 0.280 e. The molecule has 5 nitrogen and oxygen atoms in total. The van der Waals surface area contributed by atoms with Crippen LogP contribution in [0.25, 0.3) is 0 Å². The summed E-state index contributed by atoms with van der Waals surface area (Å²) in [6.07, 6.45) is 0. The molecule has 0 saturated heterocycles. The number of methoxy groups -OCH3 is 1. The fraction of sp³-hybridized carbons (Fsp3) is 0.333. The first kappa shape index (κ1) is 16.2. The lowest BCUT2D eigenvalue weighted by molar-refractivity contribution is 0.100. The molecule has 6 heteroatoms. The monoisotopic (exact) mass is 271 g/mol. The highest BCUT2D eigenvalue weighted by molar-refractivity contribution is 6.02. The van der Waals surface area contributed by atoms with Crippen LogP contribution in [0.2, 0.25) is 0 Å². The van der Waals surface area contributed by atoms with Crippen molar-refractivity contribution in [3.8, 4) is 5.75 Å². The lowest BCUT2D eigenvalue weighted by Crippen LogP contribution is -2.24. The van der Waals surface area contributed by atoms with E-state index >= 15 is 0 Å². The summed E-state index contributed by atoms with van der Waals surface area (Å²) >= 11 is 0. The number of amides is 1. The summed E-state index contributed by atoms with van der Waals surface area (Å²) in [5.41, 5.74) is 11.7. The van der Waals surface area contributed by atoms with Crippen molar-refractivity contribution >= 4 is 24.3 Å². The van der Waals surface area contributed by atoms with Gasteiger partial charge >= 0.3 is 0 Å². The molecule has 0 aliphatic rings. The number of carbonyl (C=O) groups excluding carboxylic acids is 1. The number of hydrogen-bond acceptors (Lipinski definition) is 2. The van der Waals surface area contributed by atoms with E-state index in [1.807, 2.05) is 13.8 Å². The normalized spacial score (nSPS) is 9.56. The van der Waals surface area contributed by atoms with Crippen molar-refractivity contribution < 1.29 is 9.53 Å². The van der Waals surface area contributed by atoms with Crippen LogP contribution >= 0.6 is 12.4 Å². The number of carbonyl (C=O) groups is 1. The Morgan fingerprint density at radius 3 is 2.39 bits per heavy atom. The highest BCUT2D eigenvalue weighted by Crippen LogP contribution is 2.27. The number of benzene rings is 1. The van der Waals surface area contributed by atoms with E-state index in [0.29, 0.717) is 5.56 Å². The van der Waals surface area contributed by atoms with Gasteiger partial charge in [-0.3, -0.25) is 4.79 Å². The van der Waals surface area contributed by atoms with Crippen molar-refractivity contribution in [2.45, 2.75) is 19.8 Å². The van der Waals surface area contributed by atoms with Gasteiger partial charge in [0.15, 0.2) is 5.96 Å². The van der Waals surface area contributed by atoms with Gasteiger partial charge in [-0.2, -0.15) is 4.99 Å². The standard InChI is InChI=1S/C12H17N3O2.ClH/c1-7(2)9-6-8(4-5-10(9)17-3)11(16)15-12(13)14;/h4-7H,1-3H3,(H4,13,14,15,16);1H. The zero-order chi connectivity index (χ0) is 13.0. The molecule has 0 spiro atoms. The van der Waals surface area contributed by atoms with Gasteiger partial charge in [-0.1, -0.05) is 13.8 Å². The van der Waals surface area contributed by atoms with Crippen LogP contribution in [0.5, 0.6) is 5.75 Å². The minimum Gasteiger partial charge on any atom is -0.496 e. The Labute approximate surface area is 113 Å². The topological polar surface area (TPSA) is 90.7 Å². The van der Waals surface area contributed by atoms with Crippen LogP contribution in [-0.4, -0.2) is 19.0 Å². The molecule has 0 heterocycles. The highest BCUT2D eigenvalue weighted by Gasteiger charge is 2.12. The first-order valence-corrected chi connectivity index (χ1v) is 5.27. The van der Waals surface area contributed by atoms with Crippen LogP contribution in [0.15, 0.2) is 23.2 Å². The molecule has 100 valence electrons. The predicted molar refractivity (Wildman–Crippen MR) is 74.5 cm³/mol. The molecule has 0 aliphatic carbocycles. The van der Waals surface area contributed by atoms with Gasteiger partial charge in [0.25, 0.3) is 5.91 Å². The molecule has 0 saturated carbocycles. The number of nitrogens with zero attached hydrogens (tertiary/aromatic N) is 1. The van der Waals surface area contributed by atoms with Crippen molar-refractivity contribution in [1.82, 2.24) is 0 Å². The lowest BCUT2D eigenvalue weighted by atomic mass is 9.99. The Morgan fingerprint density at radius 1 is 1.33 bits per heavy atom. The SMILES string of the molecule is COc1ccc(C(=O)N=C(N)N)cc1C(C)C.Cl. The van der Waals surface area contributed by atoms with Crippen molar-refractivity contribution in [1.29, 1.82) is 0 Å². The van der Waals surface area contributed by atoms with E-state index in [9.17, 15) is 4.79 Å². The number of aliphatic imine (C=N–C) groups is 1. The van der Waals surface area contributed by atoms with Crippen LogP contribution in [0.1, 0.15) is 35.7 Å². The number of guanidine groups is 1. The third-order valence-electron chi connectivity index (χ3n) is 2.33. The second kappa shape index (κ2) is 6.86. The van der Waals surface area contributed by atoms with Crippen LogP contribution in [0.3, 0.4) is 0 Å². The number of nitrogens with two attached hydrogens (primary N) is 2. The first-order valence-electron chi connectivity index (χ1n) is 5.27. The Morgan fingerprint density at radius 2 is 1.94 bits per heavy atom. The Hall–Kier alpha value is -1.75. The van der Waals surface area contributed by atoms with Crippen molar-refractivity contribution in [2.75, 3.05) is 7.11 Å². The minimum absolute atomic E-state index is 0. The lowest BCUT2D eigenvalue weighted by Gasteiger charge is -2.12. The molecule has 0 bridgehead atoms. The number of hydrogen-bond donors (Lipinski definition) is 2. The van der Waals surface area contributed by atoms with Crippen molar-refractivity contribution in [3.05, 3.63) is 29.3 Å². The molecule has 0 fully saturated rings. The van der Waals surface area contributed by atoms with Gasteiger partial charge in [0.2, 0.25) is 0 Å². The average molecular weight is 272 g/mol. The molecule has 1 aromatic carbocycles. The molecule has 0 atom stereocenters. The second-order valence-electron chi connectivity index (χ2n) is 3.95. The molecule has 1 aromatic rings. The van der Waals surface area contributed by atoms with Gasteiger partial charge in [-0.25, -0.2) is 0 Å². The van der Waals surface area contributed by atoms with Gasteiger partial charge in [-0.15, -0.1) is 12.4 Å². The van der Waals surface area contributed by atoms with E-state index in [4.69, 9.17) is 16.2 Å². The summed E-state index contributed by atoms with van der Waals surface area (Å²) in [6, 6.07) is 5.13. The quantitative estimate of drug-likeness (QED) is 0.646. The third kappa shape index (κ3) is 3.92. The average Bonchev–Trinajstić information content (AvgIpc) is 2.27. The molecule has 0 aromatic heterocycles. The minimum atomic E-state index is -0.449. The van der Waals surface area contributed by atoms with Gasteiger partial charge in [-0.05, 0) is 29.7 Å². The zero-order valence-corrected chi connectivity index (χ0v) is 11.5. The summed E-state index contributed by atoms with van der Waals surface area (Å²) in [4.78, 5) is 15.1. The number of ether oxygens (including phenoxy) is 1. The fourth-order valence-electron chi connectivity index (χ4n) is 1.50. The third-order valence-corrected chi connectivity index (χ3v) is 2.33. The maximum atomic E-state index is 11.6. The maximum Gasteiger partial charge on any atom is 0.280 e. The number of rotatable bonds is 3. The summed E-state index contributed by atoms with van der Waals surface area (Å²) in [5.74, 6) is 0.310. The van der Waals surface area contributed by atoms with E-state index in [1.165, 1.54) is 0 Å². The van der Waals surface area contributed by atoms with E-state index in [-0.39, 0.29) is 24.3 Å². The van der Waals surface area contributed by atoms with Crippen LogP contribution in [-0.2, 0) is 0 Å². The van der Waals surface area contributed by atoms with Gasteiger partial charge in [0.05, 0.1) is 7.11 Å². The van der Waals surface area contributed by atoms with Crippen LogP contribution < -0.4 is 16.2 Å². The first-order chi connectivity index (χ1) is 7.95. The Bertz CT molecular complexity index is 455. The largest absolute Gasteiger partial charge is 0.496 e. The van der Waals surface area contributed by atoms with E-state index in [1.54, 1.807) is 25.3 Å². The maximum absolute atomic E-state index is 11.6. The molecule has 18 heavy (non-hydrogen) atoms. The van der Waals surface area contributed by atoms with Crippen molar-refractivity contribution in [2.24, 2.45) is 16.5 Å². The predicted octanol–water partition coefficient (Wildman–Crippen LogP) is 1.65. The summed E-state index contributed by atoms with van der Waals surface area (Å²) in [5, 5.41) is 0. The Balaban J connectivity index is 0.00000289. The fourth-order valence-corrected chi connectivity index (χ4v) is 1.50. The van der Waals surface area contributed by atoms with Gasteiger partial charge in [0.1, 0.15) is 5.75 Å². The van der Waals surface area contributed by atoms with Crippen LogP contribution in [0.4, 0.5) is 0 Å². The molecule has 0 radical (unpaired) electrons. The van der Waals surface area contributed by atoms with E-state index < -0.39 is 5.91 Å². The summed E-state index contributed by atoms with van der Waals surface area (Å²) in [7, 11) is 1.60. The molecular weight excluding hydrogens is 254 g/mol. The van der Waals surface area contributed by atoms with Crippen LogP contribution in [0, 0.1) is 0 Å². The zero-order valence-electron chi connectivity index (χ0n) is 10.6. The molecule has 0 unspecified atom stereocenters. The van der Waals surface area contributed by atoms with Gasteiger partial charge in [0, 0.05) is 5.56 Å². The molecular formula is C12H18ClN3O2. The molecule has 0 aliphatic heterocycles. The highest BCUT2D eigenvalue weighted by atomic mass is 35.5. The molecule has 4 N–H and O–H groups in total.